The molecule has 24 heavy (non-hydrogen) atoms. The molecular weight excluding hydrogens is 376 g/mol. The van der Waals surface area contributed by atoms with E-state index in [9.17, 15) is 9.59 Å². The van der Waals surface area contributed by atoms with Crippen LogP contribution in [0.3, 0.4) is 0 Å². The van der Waals surface area contributed by atoms with E-state index in [1.165, 1.54) is 13.4 Å². The number of aromatic nitrogens is 1. The Morgan fingerprint density at radius 3 is 2.42 bits per heavy atom. The molecule has 2 rings (SSSR count). The van der Waals surface area contributed by atoms with Crippen molar-refractivity contribution < 1.29 is 18.7 Å². The molecule has 1 aromatic heterocycles. The van der Waals surface area contributed by atoms with Crippen LogP contribution in [-0.2, 0) is 11.3 Å². The van der Waals surface area contributed by atoms with Crippen LogP contribution in [0.4, 0.5) is 0 Å². The Hall–Kier alpha value is -2.15. The number of esters is 1. The van der Waals surface area contributed by atoms with Gasteiger partial charge in [-0.1, -0.05) is 15.9 Å². The molecule has 0 saturated heterocycles. The molecule has 7 heteroatoms. The number of methoxy groups -OCH3 is 1. The lowest BCUT2D eigenvalue weighted by Crippen LogP contribution is -2.45. The number of carbonyl (C=O) groups is 2. The van der Waals surface area contributed by atoms with Gasteiger partial charge in [0.25, 0.3) is 5.91 Å². The largest absolute Gasteiger partial charge is 0.464 e. The predicted octanol–water partition coefficient (Wildman–Crippen LogP) is 3.66. The lowest BCUT2D eigenvalue weighted by atomic mass is 10.0. The minimum Gasteiger partial charge on any atom is -0.464 e. The topological polar surface area (TPSA) is 72.6 Å². The van der Waals surface area contributed by atoms with Crippen LogP contribution in [-0.4, -0.2) is 34.4 Å². The van der Waals surface area contributed by atoms with Gasteiger partial charge in [0.2, 0.25) is 5.89 Å². The number of hydrogen-bond donors (Lipinski definition) is 0. The molecule has 0 aliphatic heterocycles. The Bertz CT molecular complexity index is 732. The third kappa shape index (κ3) is 4.23. The van der Waals surface area contributed by atoms with Gasteiger partial charge in [0.1, 0.15) is 6.26 Å². The summed E-state index contributed by atoms with van der Waals surface area (Å²) in [6, 6.07) is 7.13. The van der Waals surface area contributed by atoms with Gasteiger partial charge < -0.3 is 14.1 Å². The highest BCUT2D eigenvalue weighted by Gasteiger charge is 2.29. The number of carbonyl (C=O) groups excluding carboxylic acids is 2. The first kappa shape index (κ1) is 18.2. The average Bonchev–Trinajstić information content (AvgIpc) is 2.99. The molecule has 0 atom stereocenters. The van der Waals surface area contributed by atoms with E-state index in [1.54, 1.807) is 17.0 Å². The van der Waals surface area contributed by atoms with Gasteiger partial charge in [0, 0.05) is 15.6 Å². The second kappa shape index (κ2) is 7.17. The quantitative estimate of drug-likeness (QED) is 0.739. The molecule has 1 amide bonds. The number of halogens is 1. The molecule has 128 valence electrons. The van der Waals surface area contributed by atoms with Gasteiger partial charge >= 0.3 is 5.97 Å². The standard InChI is InChI=1S/C17H19BrN2O4/c1-17(2,3)20(15(21)11-5-7-12(18)8-6-11)9-14-19-13(10-24-14)16(22)23-4/h5-8,10H,9H2,1-4H3. The maximum atomic E-state index is 12.9. The smallest absolute Gasteiger partial charge is 0.360 e. The second-order valence-electron chi connectivity index (χ2n) is 6.19. The molecule has 1 heterocycles. The first-order valence-electron chi connectivity index (χ1n) is 7.32. The summed E-state index contributed by atoms with van der Waals surface area (Å²) in [7, 11) is 1.27. The fraction of sp³-hybridized carbons (Fsp3) is 0.353. The predicted molar refractivity (Wildman–Crippen MR) is 91.6 cm³/mol. The molecule has 0 aliphatic carbocycles. The van der Waals surface area contributed by atoms with Crippen LogP contribution in [0.15, 0.2) is 39.4 Å². The molecule has 1 aromatic carbocycles. The molecule has 0 aliphatic rings. The number of amides is 1. The van der Waals surface area contributed by atoms with Crippen LogP contribution < -0.4 is 0 Å². The van der Waals surface area contributed by atoms with Gasteiger partial charge in [0.15, 0.2) is 5.69 Å². The fourth-order valence-electron chi connectivity index (χ4n) is 2.08. The van der Waals surface area contributed by atoms with Crippen molar-refractivity contribution >= 4 is 27.8 Å². The van der Waals surface area contributed by atoms with Crippen LogP contribution >= 0.6 is 15.9 Å². The van der Waals surface area contributed by atoms with Crippen LogP contribution in [0.5, 0.6) is 0 Å². The Morgan fingerprint density at radius 2 is 1.88 bits per heavy atom. The molecule has 0 radical (unpaired) electrons. The van der Waals surface area contributed by atoms with E-state index < -0.39 is 11.5 Å². The summed E-state index contributed by atoms with van der Waals surface area (Å²) in [5, 5.41) is 0. The number of hydrogen-bond acceptors (Lipinski definition) is 5. The van der Waals surface area contributed by atoms with Crippen molar-refractivity contribution in [1.29, 1.82) is 0 Å². The third-order valence-electron chi connectivity index (χ3n) is 3.39. The van der Waals surface area contributed by atoms with Crippen molar-refractivity contribution in [1.82, 2.24) is 9.88 Å². The highest BCUT2D eigenvalue weighted by molar-refractivity contribution is 9.10. The summed E-state index contributed by atoms with van der Waals surface area (Å²) >= 11 is 3.35. The Balaban J connectivity index is 2.26. The third-order valence-corrected chi connectivity index (χ3v) is 3.91. The lowest BCUT2D eigenvalue weighted by Gasteiger charge is -2.34. The molecule has 0 spiro atoms. The Kier molecular flexibility index (Phi) is 5.43. The maximum Gasteiger partial charge on any atom is 0.360 e. The van der Waals surface area contributed by atoms with Gasteiger partial charge in [-0.3, -0.25) is 4.79 Å². The number of rotatable bonds is 4. The summed E-state index contributed by atoms with van der Waals surface area (Å²) in [6.45, 7) is 5.92. The summed E-state index contributed by atoms with van der Waals surface area (Å²) in [5.41, 5.74) is 0.190. The monoisotopic (exact) mass is 394 g/mol. The van der Waals surface area contributed by atoms with E-state index >= 15 is 0 Å². The number of ether oxygens (including phenoxy) is 1. The molecular formula is C17H19BrN2O4. The van der Waals surface area contributed by atoms with Gasteiger partial charge in [-0.15, -0.1) is 0 Å². The van der Waals surface area contributed by atoms with Crippen molar-refractivity contribution in [2.24, 2.45) is 0 Å². The fourth-order valence-corrected chi connectivity index (χ4v) is 2.34. The molecule has 2 aromatic rings. The lowest BCUT2D eigenvalue weighted by molar-refractivity contribution is 0.0532. The van der Waals surface area contributed by atoms with E-state index in [0.717, 1.165) is 4.47 Å². The number of benzene rings is 1. The zero-order valence-corrected chi connectivity index (χ0v) is 15.6. The van der Waals surface area contributed by atoms with E-state index in [4.69, 9.17) is 4.42 Å². The number of oxazole rings is 1. The van der Waals surface area contributed by atoms with Crippen molar-refractivity contribution in [2.75, 3.05) is 7.11 Å². The Morgan fingerprint density at radius 1 is 1.25 bits per heavy atom. The normalized spacial score (nSPS) is 11.2. The molecule has 0 saturated carbocycles. The van der Waals surface area contributed by atoms with E-state index in [0.29, 0.717) is 5.56 Å². The van der Waals surface area contributed by atoms with Crippen LogP contribution in [0.2, 0.25) is 0 Å². The van der Waals surface area contributed by atoms with E-state index in [-0.39, 0.29) is 24.0 Å². The molecule has 6 nitrogen and oxygen atoms in total. The van der Waals surface area contributed by atoms with Gasteiger partial charge in [-0.2, -0.15) is 0 Å². The molecule has 0 fully saturated rings. The highest BCUT2D eigenvalue weighted by atomic mass is 79.9. The van der Waals surface area contributed by atoms with Gasteiger partial charge in [0.05, 0.1) is 13.7 Å². The zero-order valence-electron chi connectivity index (χ0n) is 14.0. The van der Waals surface area contributed by atoms with E-state index in [2.05, 4.69) is 25.7 Å². The van der Waals surface area contributed by atoms with Crippen molar-refractivity contribution in [3.8, 4) is 0 Å². The first-order chi connectivity index (χ1) is 11.2. The summed E-state index contributed by atoms with van der Waals surface area (Å²) in [4.78, 5) is 30.0. The minimum atomic E-state index is -0.577. The average molecular weight is 395 g/mol. The van der Waals surface area contributed by atoms with Crippen molar-refractivity contribution in [2.45, 2.75) is 32.9 Å². The van der Waals surface area contributed by atoms with Crippen molar-refractivity contribution in [3.05, 3.63) is 52.1 Å². The maximum absolute atomic E-state index is 12.9. The minimum absolute atomic E-state index is 0.0810. The summed E-state index contributed by atoms with van der Waals surface area (Å²) in [6.07, 6.45) is 1.23. The molecule has 0 N–H and O–H groups in total. The van der Waals surface area contributed by atoms with Gasteiger partial charge in [-0.05, 0) is 45.0 Å². The number of nitrogens with zero attached hydrogens (tertiary/aromatic N) is 2. The van der Waals surface area contributed by atoms with Crippen LogP contribution in [0, 0.1) is 0 Å². The van der Waals surface area contributed by atoms with Crippen molar-refractivity contribution in [3.63, 3.8) is 0 Å². The van der Waals surface area contributed by atoms with E-state index in [1.807, 2.05) is 32.9 Å². The van der Waals surface area contributed by atoms with Gasteiger partial charge in [-0.25, -0.2) is 9.78 Å². The first-order valence-corrected chi connectivity index (χ1v) is 8.12. The highest BCUT2D eigenvalue weighted by Crippen LogP contribution is 2.21. The summed E-state index contributed by atoms with van der Waals surface area (Å²) < 4.78 is 10.8. The summed E-state index contributed by atoms with van der Waals surface area (Å²) in [5.74, 6) is -0.449. The second-order valence-corrected chi connectivity index (χ2v) is 7.10. The van der Waals surface area contributed by atoms with Crippen LogP contribution in [0.25, 0.3) is 0 Å². The Labute approximate surface area is 148 Å². The molecule has 0 unspecified atom stereocenters. The SMILES string of the molecule is COC(=O)c1coc(CN(C(=O)c2ccc(Br)cc2)C(C)(C)C)n1. The van der Waals surface area contributed by atoms with Crippen LogP contribution in [0.1, 0.15) is 47.5 Å². The zero-order chi connectivity index (χ0) is 17.9. The molecule has 0 bridgehead atoms.